The Kier molecular flexibility index (Phi) is 5.54. The van der Waals surface area contributed by atoms with Gasteiger partial charge in [0.05, 0.1) is 36.8 Å². The predicted molar refractivity (Wildman–Crippen MR) is 103 cm³/mol. The van der Waals surface area contributed by atoms with Gasteiger partial charge in [-0.05, 0) is 32.4 Å². The Morgan fingerprint density at radius 2 is 2.07 bits per heavy atom. The maximum Gasteiger partial charge on any atom is 0.269 e. The number of hydrogen-bond acceptors (Lipinski definition) is 6. The molecule has 0 saturated carbocycles. The molecular formula is C19H28N6O2. The van der Waals surface area contributed by atoms with Crippen LogP contribution in [0.15, 0.2) is 29.3 Å². The Morgan fingerprint density at radius 3 is 2.85 bits per heavy atom. The molecular weight excluding hydrogens is 344 g/mol. The first-order valence-corrected chi connectivity index (χ1v) is 9.89. The van der Waals surface area contributed by atoms with Crippen LogP contribution in [0.1, 0.15) is 31.5 Å². The standard InChI is InChI=1S/C19H28N6O2/c1-2-24-16(5-6-20-24)14-22-7-3-4-17(15-22)25-19(26)12-18(13-21-25)23-8-10-27-11-9-23/h5-6,12-13,17H,2-4,7-11,14-15H2,1H3. The molecule has 0 aromatic carbocycles. The normalized spacial score (nSPS) is 21.5. The molecule has 2 aromatic heterocycles. The van der Waals surface area contributed by atoms with Gasteiger partial charge >= 0.3 is 0 Å². The highest BCUT2D eigenvalue weighted by Crippen LogP contribution is 2.22. The number of rotatable bonds is 5. The van der Waals surface area contributed by atoms with Crippen LogP contribution < -0.4 is 10.5 Å². The topological polar surface area (TPSA) is 68.4 Å². The number of aryl methyl sites for hydroxylation is 1. The van der Waals surface area contributed by atoms with Crippen molar-refractivity contribution in [3.8, 4) is 0 Å². The van der Waals surface area contributed by atoms with Crippen molar-refractivity contribution in [2.45, 2.75) is 38.9 Å². The first kappa shape index (κ1) is 18.2. The average molecular weight is 372 g/mol. The van der Waals surface area contributed by atoms with Gasteiger partial charge in [-0.2, -0.15) is 10.2 Å². The molecule has 1 atom stereocenters. The molecule has 8 nitrogen and oxygen atoms in total. The van der Waals surface area contributed by atoms with E-state index in [1.807, 2.05) is 17.1 Å². The summed E-state index contributed by atoms with van der Waals surface area (Å²) >= 11 is 0. The molecule has 2 aliphatic rings. The third-order valence-electron chi connectivity index (χ3n) is 5.50. The fourth-order valence-electron chi connectivity index (χ4n) is 4.06. The molecule has 8 heteroatoms. The number of morpholine rings is 1. The highest BCUT2D eigenvalue weighted by atomic mass is 16.5. The fourth-order valence-corrected chi connectivity index (χ4v) is 4.06. The smallest absolute Gasteiger partial charge is 0.269 e. The lowest BCUT2D eigenvalue weighted by atomic mass is 10.1. The van der Waals surface area contributed by atoms with Crippen molar-refractivity contribution >= 4 is 5.69 Å². The van der Waals surface area contributed by atoms with Crippen LogP contribution in [0.2, 0.25) is 0 Å². The lowest BCUT2D eigenvalue weighted by molar-refractivity contribution is 0.122. The first-order valence-electron chi connectivity index (χ1n) is 9.89. The van der Waals surface area contributed by atoms with E-state index in [0.29, 0.717) is 13.2 Å². The third kappa shape index (κ3) is 4.06. The zero-order valence-electron chi connectivity index (χ0n) is 16.0. The van der Waals surface area contributed by atoms with Crippen molar-refractivity contribution in [3.05, 3.63) is 40.6 Å². The molecule has 2 aromatic rings. The molecule has 2 fully saturated rings. The Hall–Kier alpha value is -2.19. The predicted octanol–water partition coefficient (Wildman–Crippen LogP) is 1.13. The van der Waals surface area contributed by atoms with Gasteiger partial charge in [-0.3, -0.25) is 14.4 Å². The lowest BCUT2D eigenvalue weighted by Gasteiger charge is -2.33. The summed E-state index contributed by atoms with van der Waals surface area (Å²) in [6.45, 7) is 8.78. The van der Waals surface area contributed by atoms with Crippen LogP contribution in [-0.4, -0.2) is 63.9 Å². The molecule has 0 spiro atoms. The quantitative estimate of drug-likeness (QED) is 0.784. The van der Waals surface area contributed by atoms with Gasteiger partial charge in [0.2, 0.25) is 0 Å². The van der Waals surface area contributed by atoms with Crippen LogP contribution in [0.25, 0.3) is 0 Å². The Balaban J connectivity index is 1.45. The van der Waals surface area contributed by atoms with Crippen molar-refractivity contribution in [2.75, 3.05) is 44.3 Å². The van der Waals surface area contributed by atoms with Crippen molar-refractivity contribution in [1.29, 1.82) is 0 Å². The number of ether oxygens (including phenoxy) is 1. The van der Waals surface area contributed by atoms with Crippen LogP contribution in [0.5, 0.6) is 0 Å². The number of hydrogen-bond donors (Lipinski definition) is 0. The Morgan fingerprint density at radius 1 is 1.22 bits per heavy atom. The maximum absolute atomic E-state index is 12.7. The van der Waals surface area contributed by atoms with E-state index in [-0.39, 0.29) is 11.6 Å². The molecule has 2 saturated heterocycles. The van der Waals surface area contributed by atoms with Gasteiger partial charge in [-0.1, -0.05) is 0 Å². The minimum Gasteiger partial charge on any atom is -0.378 e. The molecule has 0 N–H and O–H groups in total. The minimum absolute atomic E-state index is 0.00978. The monoisotopic (exact) mass is 372 g/mol. The van der Waals surface area contributed by atoms with E-state index in [4.69, 9.17) is 4.74 Å². The number of anilines is 1. The van der Waals surface area contributed by atoms with Crippen LogP contribution in [0.3, 0.4) is 0 Å². The van der Waals surface area contributed by atoms with E-state index in [2.05, 4.69) is 33.0 Å². The van der Waals surface area contributed by atoms with Crippen molar-refractivity contribution in [3.63, 3.8) is 0 Å². The summed E-state index contributed by atoms with van der Waals surface area (Å²) in [5.41, 5.74) is 2.12. The van der Waals surface area contributed by atoms with Crippen molar-refractivity contribution < 1.29 is 4.74 Å². The van der Waals surface area contributed by atoms with Crippen LogP contribution in [-0.2, 0) is 17.8 Å². The molecule has 0 radical (unpaired) electrons. The summed E-state index contributed by atoms with van der Waals surface area (Å²) in [5, 5.41) is 8.87. The Labute approximate surface area is 159 Å². The van der Waals surface area contributed by atoms with Crippen molar-refractivity contribution in [2.24, 2.45) is 0 Å². The van der Waals surface area contributed by atoms with E-state index < -0.39 is 0 Å². The zero-order valence-corrected chi connectivity index (χ0v) is 16.0. The molecule has 27 heavy (non-hydrogen) atoms. The molecule has 0 amide bonds. The SMILES string of the molecule is CCn1nccc1CN1CCCC(n2ncc(N3CCOCC3)cc2=O)C1. The molecule has 1 unspecified atom stereocenters. The highest BCUT2D eigenvalue weighted by Gasteiger charge is 2.24. The second-order valence-corrected chi connectivity index (χ2v) is 7.27. The maximum atomic E-state index is 12.7. The fraction of sp³-hybridized carbons (Fsp3) is 0.632. The molecule has 2 aliphatic heterocycles. The van der Waals surface area contributed by atoms with Gasteiger partial charge in [-0.25, -0.2) is 4.68 Å². The summed E-state index contributed by atoms with van der Waals surface area (Å²) in [7, 11) is 0. The molecule has 4 rings (SSSR count). The second-order valence-electron chi connectivity index (χ2n) is 7.27. The zero-order chi connectivity index (χ0) is 18.6. The summed E-state index contributed by atoms with van der Waals surface area (Å²) in [5.74, 6) is 0. The first-order chi connectivity index (χ1) is 13.2. The molecule has 0 aliphatic carbocycles. The number of piperidine rings is 1. The van der Waals surface area contributed by atoms with Crippen LogP contribution >= 0.6 is 0 Å². The Bertz CT molecular complexity index is 811. The summed E-state index contributed by atoms with van der Waals surface area (Å²) in [6, 6.07) is 3.93. The third-order valence-corrected chi connectivity index (χ3v) is 5.50. The highest BCUT2D eigenvalue weighted by molar-refractivity contribution is 5.43. The van der Waals surface area contributed by atoms with E-state index >= 15 is 0 Å². The van der Waals surface area contributed by atoms with E-state index in [1.165, 1.54) is 5.69 Å². The van der Waals surface area contributed by atoms with Gasteiger partial charge in [0.15, 0.2) is 0 Å². The van der Waals surface area contributed by atoms with E-state index in [9.17, 15) is 4.79 Å². The van der Waals surface area contributed by atoms with Crippen molar-refractivity contribution in [1.82, 2.24) is 24.5 Å². The van der Waals surface area contributed by atoms with Gasteiger partial charge in [-0.15, -0.1) is 0 Å². The number of likely N-dealkylation sites (tertiary alicyclic amines) is 1. The summed E-state index contributed by atoms with van der Waals surface area (Å²) < 4.78 is 9.09. The van der Waals surface area contributed by atoms with Gasteiger partial charge in [0.1, 0.15) is 0 Å². The van der Waals surface area contributed by atoms with E-state index in [1.54, 1.807) is 10.7 Å². The van der Waals surface area contributed by atoms with Gasteiger partial charge in [0.25, 0.3) is 5.56 Å². The van der Waals surface area contributed by atoms with Crippen LogP contribution in [0.4, 0.5) is 5.69 Å². The van der Waals surface area contributed by atoms with Gasteiger partial charge in [0, 0.05) is 45.0 Å². The number of nitrogens with zero attached hydrogens (tertiary/aromatic N) is 6. The molecule has 0 bridgehead atoms. The van der Waals surface area contributed by atoms with E-state index in [0.717, 1.165) is 57.8 Å². The average Bonchev–Trinajstić information content (AvgIpc) is 3.16. The lowest BCUT2D eigenvalue weighted by Crippen LogP contribution is -2.41. The molecule has 146 valence electrons. The van der Waals surface area contributed by atoms with Crippen LogP contribution in [0, 0.1) is 0 Å². The van der Waals surface area contributed by atoms with Gasteiger partial charge < -0.3 is 9.64 Å². The second kappa shape index (κ2) is 8.22. The largest absolute Gasteiger partial charge is 0.378 e. The summed E-state index contributed by atoms with van der Waals surface area (Å²) in [4.78, 5) is 17.3. The minimum atomic E-state index is -0.00978. The summed E-state index contributed by atoms with van der Waals surface area (Å²) in [6.07, 6.45) is 5.76. The number of aromatic nitrogens is 4. The molecule has 4 heterocycles.